The van der Waals surface area contributed by atoms with Gasteiger partial charge in [0.05, 0.1) is 24.3 Å². The van der Waals surface area contributed by atoms with E-state index in [-0.39, 0.29) is 24.0 Å². The molecular formula is C19H24IN5S. The third-order valence-electron chi connectivity index (χ3n) is 3.97. The van der Waals surface area contributed by atoms with Crippen molar-refractivity contribution in [3.05, 3.63) is 57.7 Å². The Morgan fingerprint density at radius 3 is 2.69 bits per heavy atom. The average Bonchev–Trinajstić information content (AvgIpc) is 2.95. The SMILES string of the molecule is CCNC(=NCc1ccnc2ccccc12)NCc1nc(C)c(C)s1.I. The molecule has 0 aliphatic carbocycles. The number of thiazole rings is 1. The Balaban J connectivity index is 0.00000243. The standard InChI is InChI=1S/C19H23N5S.HI/c1-4-20-19(23-12-18-24-13(2)14(3)25-18)22-11-15-9-10-21-17-8-6-5-7-16(15)17;/h5-10H,4,11-12H2,1-3H3,(H2,20,22,23);1H. The largest absolute Gasteiger partial charge is 0.357 e. The van der Waals surface area contributed by atoms with E-state index in [9.17, 15) is 0 Å². The fraction of sp³-hybridized carbons (Fsp3) is 0.316. The van der Waals surface area contributed by atoms with Crippen LogP contribution in [0.25, 0.3) is 10.9 Å². The van der Waals surface area contributed by atoms with Gasteiger partial charge in [0.15, 0.2) is 5.96 Å². The minimum atomic E-state index is 0. The quantitative estimate of drug-likeness (QED) is 0.326. The summed E-state index contributed by atoms with van der Waals surface area (Å²) < 4.78 is 0. The van der Waals surface area contributed by atoms with Crippen LogP contribution in [0.5, 0.6) is 0 Å². The topological polar surface area (TPSA) is 62.2 Å². The van der Waals surface area contributed by atoms with Gasteiger partial charge in [-0.25, -0.2) is 9.98 Å². The molecule has 0 amide bonds. The summed E-state index contributed by atoms with van der Waals surface area (Å²) in [7, 11) is 0. The number of aromatic nitrogens is 2. The predicted molar refractivity (Wildman–Crippen MR) is 120 cm³/mol. The number of benzene rings is 1. The maximum Gasteiger partial charge on any atom is 0.191 e. The van der Waals surface area contributed by atoms with E-state index in [0.29, 0.717) is 13.1 Å². The second kappa shape index (κ2) is 9.82. The van der Waals surface area contributed by atoms with Crippen molar-refractivity contribution in [1.29, 1.82) is 0 Å². The summed E-state index contributed by atoms with van der Waals surface area (Å²) in [6.07, 6.45) is 1.84. The normalized spacial score (nSPS) is 11.3. The number of para-hydroxylation sites is 1. The van der Waals surface area contributed by atoms with Crippen molar-refractivity contribution in [3.63, 3.8) is 0 Å². The van der Waals surface area contributed by atoms with Gasteiger partial charge in [-0.1, -0.05) is 18.2 Å². The van der Waals surface area contributed by atoms with Crippen LogP contribution in [0.1, 0.15) is 28.1 Å². The Kier molecular flexibility index (Phi) is 7.77. The number of nitrogens with one attached hydrogen (secondary N) is 2. The molecule has 3 aromatic rings. The highest BCUT2D eigenvalue weighted by molar-refractivity contribution is 14.0. The van der Waals surface area contributed by atoms with Gasteiger partial charge in [-0.2, -0.15) is 0 Å². The fourth-order valence-electron chi connectivity index (χ4n) is 2.57. The maximum atomic E-state index is 4.72. The van der Waals surface area contributed by atoms with Crippen LogP contribution in [0.15, 0.2) is 41.5 Å². The van der Waals surface area contributed by atoms with Gasteiger partial charge in [-0.3, -0.25) is 4.98 Å². The second-order valence-electron chi connectivity index (χ2n) is 5.79. The van der Waals surface area contributed by atoms with Gasteiger partial charge in [-0.15, -0.1) is 35.3 Å². The Morgan fingerprint density at radius 1 is 1.15 bits per heavy atom. The van der Waals surface area contributed by atoms with E-state index in [1.165, 1.54) is 10.4 Å². The third kappa shape index (κ3) is 5.14. The number of aliphatic imine (C=N–C) groups is 1. The van der Waals surface area contributed by atoms with Crippen molar-refractivity contribution >= 4 is 52.2 Å². The number of fused-ring (bicyclic) bond motifs is 1. The third-order valence-corrected chi connectivity index (χ3v) is 5.04. The van der Waals surface area contributed by atoms with Crippen molar-refractivity contribution < 1.29 is 0 Å². The highest BCUT2D eigenvalue weighted by Gasteiger charge is 2.05. The lowest BCUT2D eigenvalue weighted by atomic mass is 10.1. The molecule has 1 aromatic carbocycles. The Morgan fingerprint density at radius 2 is 1.96 bits per heavy atom. The van der Waals surface area contributed by atoms with Crippen molar-refractivity contribution in [1.82, 2.24) is 20.6 Å². The molecule has 0 bridgehead atoms. The van der Waals surface area contributed by atoms with E-state index in [1.54, 1.807) is 11.3 Å². The van der Waals surface area contributed by atoms with Crippen LogP contribution in [-0.4, -0.2) is 22.5 Å². The predicted octanol–water partition coefficient (Wildman–Crippen LogP) is 4.18. The van der Waals surface area contributed by atoms with Crippen LogP contribution in [0.3, 0.4) is 0 Å². The molecule has 0 spiro atoms. The molecule has 0 atom stereocenters. The minimum Gasteiger partial charge on any atom is -0.357 e. The molecule has 0 saturated heterocycles. The zero-order valence-electron chi connectivity index (χ0n) is 15.2. The van der Waals surface area contributed by atoms with Crippen LogP contribution in [0, 0.1) is 13.8 Å². The number of halogens is 1. The lowest BCUT2D eigenvalue weighted by molar-refractivity contribution is 0.810. The smallest absolute Gasteiger partial charge is 0.191 e. The van der Waals surface area contributed by atoms with Crippen LogP contribution in [0.4, 0.5) is 0 Å². The molecule has 2 heterocycles. The molecule has 0 radical (unpaired) electrons. The number of pyridine rings is 1. The molecule has 2 aromatic heterocycles. The molecule has 0 saturated carbocycles. The van der Waals surface area contributed by atoms with E-state index >= 15 is 0 Å². The average molecular weight is 481 g/mol. The lowest BCUT2D eigenvalue weighted by Crippen LogP contribution is -2.36. The number of guanidine groups is 1. The van der Waals surface area contributed by atoms with Gasteiger partial charge < -0.3 is 10.6 Å². The zero-order chi connectivity index (χ0) is 17.6. The van der Waals surface area contributed by atoms with Crippen LogP contribution in [0.2, 0.25) is 0 Å². The Hall–Kier alpha value is -1.74. The molecule has 0 unspecified atom stereocenters. The summed E-state index contributed by atoms with van der Waals surface area (Å²) in [5, 5.41) is 8.89. The monoisotopic (exact) mass is 481 g/mol. The van der Waals surface area contributed by atoms with Gasteiger partial charge >= 0.3 is 0 Å². The molecule has 138 valence electrons. The summed E-state index contributed by atoms with van der Waals surface area (Å²) in [6, 6.07) is 10.2. The van der Waals surface area contributed by atoms with Crippen molar-refractivity contribution in [3.8, 4) is 0 Å². The van der Waals surface area contributed by atoms with Gasteiger partial charge in [0.25, 0.3) is 0 Å². The summed E-state index contributed by atoms with van der Waals surface area (Å²) in [5.74, 6) is 0.800. The molecular weight excluding hydrogens is 457 g/mol. The van der Waals surface area contributed by atoms with Crippen LogP contribution < -0.4 is 10.6 Å². The molecule has 0 aliphatic heterocycles. The summed E-state index contributed by atoms with van der Waals surface area (Å²) in [6.45, 7) is 8.32. The molecule has 2 N–H and O–H groups in total. The molecule has 26 heavy (non-hydrogen) atoms. The summed E-state index contributed by atoms with van der Waals surface area (Å²) in [5.41, 5.74) is 3.28. The lowest BCUT2D eigenvalue weighted by Gasteiger charge is -2.10. The molecule has 0 fully saturated rings. The zero-order valence-corrected chi connectivity index (χ0v) is 18.4. The Labute approximate surface area is 175 Å². The van der Waals surface area contributed by atoms with E-state index in [4.69, 9.17) is 4.99 Å². The van der Waals surface area contributed by atoms with E-state index < -0.39 is 0 Å². The number of hydrogen-bond donors (Lipinski definition) is 2. The molecule has 7 heteroatoms. The van der Waals surface area contributed by atoms with E-state index in [2.05, 4.69) is 40.5 Å². The first-order valence-corrected chi connectivity index (χ1v) is 9.26. The van der Waals surface area contributed by atoms with E-state index in [1.807, 2.05) is 37.4 Å². The first-order chi connectivity index (χ1) is 12.2. The fourth-order valence-corrected chi connectivity index (χ4v) is 3.45. The maximum absolute atomic E-state index is 4.72. The van der Waals surface area contributed by atoms with Gasteiger partial charge in [-0.05, 0) is 38.5 Å². The number of aryl methyl sites for hydroxylation is 2. The Bertz CT molecular complexity index is 866. The molecule has 5 nitrogen and oxygen atoms in total. The first-order valence-electron chi connectivity index (χ1n) is 8.45. The number of nitrogens with zero attached hydrogens (tertiary/aromatic N) is 3. The van der Waals surface area contributed by atoms with Gasteiger partial charge in [0, 0.05) is 23.0 Å². The van der Waals surface area contributed by atoms with Gasteiger partial charge in [0.2, 0.25) is 0 Å². The van der Waals surface area contributed by atoms with Crippen molar-refractivity contribution in [2.45, 2.75) is 33.9 Å². The summed E-state index contributed by atoms with van der Waals surface area (Å²) >= 11 is 1.73. The number of rotatable bonds is 5. The van der Waals surface area contributed by atoms with Crippen LogP contribution in [-0.2, 0) is 13.1 Å². The second-order valence-corrected chi connectivity index (χ2v) is 7.07. The van der Waals surface area contributed by atoms with E-state index in [0.717, 1.165) is 34.1 Å². The van der Waals surface area contributed by atoms with Crippen LogP contribution >= 0.6 is 35.3 Å². The van der Waals surface area contributed by atoms with Gasteiger partial charge in [0.1, 0.15) is 5.01 Å². The summed E-state index contributed by atoms with van der Waals surface area (Å²) in [4.78, 5) is 15.0. The minimum absolute atomic E-state index is 0. The van der Waals surface area contributed by atoms with Crippen molar-refractivity contribution in [2.75, 3.05) is 6.54 Å². The molecule has 0 aliphatic rings. The number of hydrogen-bond acceptors (Lipinski definition) is 4. The highest BCUT2D eigenvalue weighted by Crippen LogP contribution is 2.17. The first kappa shape index (κ1) is 20.6. The van der Waals surface area contributed by atoms with Crippen molar-refractivity contribution in [2.24, 2.45) is 4.99 Å². The highest BCUT2D eigenvalue weighted by atomic mass is 127. The molecule has 3 rings (SSSR count).